The topological polar surface area (TPSA) is 55.2 Å². The SMILES string of the molecule is O=[N+]([O-])c1ccc(NCc2ccc(Cl)c(Br)c2)cc1Cl. The number of nitro groups is 1. The van der Waals surface area contributed by atoms with Gasteiger partial charge in [0.25, 0.3) is 5.69 Å². The fourth-order valence-corrected chi connectivity index (χ4v) is 2.41. The second-order valence-corrected chi connectivity index (χ2v) is 5.69. The maximum Gasteiger partial charge on any atom is 0.288 e. The molecule has 0 aliphatic carbocycles. The summed E-state index contributed by atoms with van der Waals surface area (Å²) in [5.41, 5.74) is 1.63. The van der Waals surface area contributed by atoms with E-state index in [0.717, 1.165) is 10.0 Å². The molecule has 0 saturated carbocycles. The van der Waals surface area contributed by atoms with Crippen molar-refractivity contribution < 1.29 is 4.92 Å². The van der Waals surface area contributed by atoms with E-state index in [2.05, 4.69) is 21.2 Å². The van der Waals surface area contributed by atoms with Crippen molar-refractivity contribution in [2.75, 3.05) is 5.32 Å². The van der Waals surface area contributed by atoms with Gasteiger partial charge in [0, 0.05) is 22.8 Å². The zero-order valence-corrected chi connectivity index (χ0v) is 13.2. The minimum Gasteiger partial charge on any atom is -0.381 e. The molecule has 0 unspecified atom stereocenters. The van der Waals surface area contributed by atoms with Gasteiger partial charge in [0.2, 0.25) is 0 Å². The fourth-order valence-electron chi connectivity index (χ4n) is 1.62. The molecule has 104 valence electrons. The van der Waals surface area contributed by atoms with E-state index >= 15 is 0 Å². The lowest BCUT2D eigenvalue weighted by molar-refractivity contribution is -0.384. The van der Waals surface area contributed by atoms with Gasteiger partial charge in [-0.25, -0.2) is 0 Å². The second-order valence-electron chi connectivity index (χ2n) is 4.03. The van der Waals surface area contributed by atoms with Crippen LogP contribution in [-0.4, -0.2) is 4.92 Å². The fraction of sp³-hybridized carbons (Fsp3) is 0.0769. The molecule has 0 heterocycles. The number of nitrogens with one attached hydrogen (secondary N) is 1. The van der Waals surface area contributed by atoms with Crippen LogP contribution in [-0.2, 0) is 6.54 Å². The maximum absolute atomic E-state index is 10.7. The summed E-state index contributed by atoms with van der Waals surface area (Å²) in [4.78, 5) is 10.2. The highest BCUT2D eigenvalue weighted by atomic mass is 79.9. The van der Waals surface area contributed by atoms with E-state index in [1.54, 1.807) is 12.1 Å². The number of hydrogen-bond acceptors (Lipinski definition) is 3. The highest BCUT2D eigenvalue weighted by Crippen LogP contribution is 2.28. The van der Waals surface area contributed by atoms with Gasteiger partial charge in [-0.2, -0.15) is 0 Å². The predicted octanol–water partition coefficient (Wildman–Crippen LogP) is 5.28. The molecule has 1 N–H and O–H groups in total. The molecule has 0 amide bonds. The third-order valence-corrected chi connectivity index (χ3v) is 4.14. The molecule has 0 spiro atoms. The molecular formula is C13H9BrCl2N2O2. The zero-order chi connectivity index (χ0) is 14.7. The Morgan fingerprint density at radius 2 is 1.90 bits per heavy atom. The first-order chi connectivity index (χ1) is 9.47. The normalized spacial score (nSPS) is 10.3. The van der Waals surface area contributed by atoms with E-state index in [0.29, 0.717) is 17.3 Å². The molecule has 20 heavy (non-hydrogen) atoms. The van der Waals surface area contributed by atoms with E-state index in [4.69, 9.17) is 23.2 Å². The van der Waals surface area contributed by atoms with Gasteiger partial charge >= 0.3 is 0 Å². The van der Waals surface area contributed by atoms with Crippen LogP contribution in [0.3, 0.4) is 0 Å². The first-order valence-corrected chi connectivity index (χ1v) is 7.14. The van der Waals surface area contributed by atoms with Crippen molar-refractivity contribution in [1.82, 2.24) is 0 Å². The van der Waals surface area contributed by atoms with Crippen molar-refractivity contribution in [3.8, 4) is 0 Å². The number of anilines is 1. The van der Waals surface area contributed by atoms with E-state index in [-0.39, 0.29) is 10.7 Å². The zero-order valence-electron chi connectivity index (χ0n) is 10.1. The predicted molar refractivity (Wildman–Crippen MR) is 84.6 cm³/mol. The number of nitro benzene ring substituents is 1. The number of benzene rings is 2. The van der Waals surface area contributed by atoms with Crippen LogP contribution in [0.4, 0.5) is 11.4 Å². The highest BCUT2D eigenvalue weighted by molar-refractivity contribution is 9.10. The van der Waals surface area contributed by atoms with Crippen LogP contribution in [0.25, 0.3) is 0 Å². The summed E-state index contributed by atoms with van der Waals surface area (Å²) in [6.45, 7) is 0.559. The molecule has 0 aliphatic heterocycles. The van der Waals surface area contributed by atoms with Crippen molar-refractivity contribution in [2.24, 2.45) is 0 Å². The molecule has 0 fully saturated rings. The van der Waals surface area contributed by atoms with Crippen LogP contribution in [0.2, 0.25) is 10.0 Å². The van der Waals surface area contributed by atoms with Crippen LogP contribution < -0.4 is 5.32 Å². The van der Waals surface area contributed by atoms with Crippen LogP contribution in [0.15, 0.2) is 40.9 Å². The Balaban J connectivity index is 2.09. The van der Waals surface area contributed by atoms with Gasteiger partial charge in [0.05, 0.1) is 9.95 Å². The minimum absolute atomic E-state index is 0.105. The van der Waals surface area contributed by atoms with Gasteiger partial charge in [0.15, 0.2) is 0 Å². The molecule has 0 aromatic heterocycles. The number of rotatable bonds is 4. The van der Waals surface area contributed by atoms with E-state index in [9.17, 15) is 10.1 Å². The Morgan fingerprint density at radius 3 is 2.50 bits per heavy atom. The van der Waals surface area contributed by atoms with E-state index in [1.807, 2.05) is 12.1 Å². The Hall–Kier alpha value is -1.30. The molecule has 0 atom stereocenters. The third kappa shape index (κ3) is 3.62. The van der Waals surface area contributed by atoms with E-state index < -0.39 is 4.92 Å². The van der Waals surface area contributed by atoms with Crippen LogP contribution >= 0.6 is 39.1 Å². The van der Waals surface area contributed by atoms with Gasteiger partial charge in [-0.1, -0.05) is 29.3 Å². The minimum atomic E-state index is -0.511. The summed E-state index contributed by atoms with van der Waals surface area (Å²) in [5.74, 6) is 0. The number of halogens is 3. The first-order valence-electron chi connectivity index (χ1n) is 5.59. The monoisotopic (exact) mass is 374 g/mol. The smallest absolute Gasteiger partial charge is 0.288 e. The summed E-state index contributed by atoms with van der Waals surface area (Å²) in [5, 5.41) is 14.6. The van der Waals surface area contributed by atoms with Crippen LogP contribution in [0, 0.1) is 10.1 Å². The van der Waals surface area contributed by atoms with E-state index in [1.165, 1.54) is 12.1 Å². The van der Waals surface area contributed by atoms with Crippen LogP contribution in [0.1, 0.15) is 5.56 Å². The summed E-state index contributed by atoms with van der Waals surface area (Å²) >= 11 is 15.1. The lowest BCUT2D eigenvalue weighted by Crippen LogP contribution is -2.00. The van der Waals surface area contributed by atoms with Crippen molar-refractivity contribution in [1.29, 1.82) is 0 Å². The highest BCUT2D eigenvalue weighted by Gasteiger charge is 2.11. The summed E-state index contributed by atoms with van der Waals surface area (Å²) in [7, 11) is 0. The van der Waals surface area contributed by atoms with Gasteiger partial charge in [0.1, 0.15) is 5.02 Å². The van der Waals surface area contributed by atoms with Gasteiger partial charge in [-0.15, -0.1) is 0 Å². The van der Waals surface area contributed by atoms with Gasteiger partial charge < -0.3 is 5.32 Å². The molecule has 2 aromatic carbocycles. The maximum atomic E-state index is 10.7. The molecule has 0 saturated heterocycles. The largest absolute Gasteiger partial charge is 0.381 e. The van der Waals surface area contributed by atoms with Crippen molar-refractivity contribution >= 4 is 50.5 Å². The number of nitrogens with zero attached hydrogens (tertiary/aromatic N) is 1. The average molecular weight is 376 g/mol. The standard InChI is InChI=1S/C13H9BrCl2N2O2/c14-10-5-8(1-3-11(10)15)7-17-9-2-4-13(18(19)20)12(16)6-9/h1-6,17H,7H2. The third-order valence-electron chi connectivity index (χ3n) is 2.63. The van der Waals surface area contributed by atoms with Crippen molar-refractivity contribution in [3.05, 3.63) is 66.6 Å². The molecule has 2 aromatic rings. The Labute approximate surface area is 134 Å². The Bertz CT molecular complexity index is 665. The van der Waals surface area contributed by atoms with Gasteiger partial charge in [-0.05, 0) is 45.8 Å². The average Bonchev–Trinajstić information content (AvgIpc) is 2.40. The Morgan fingerprint density at radius 1 is 1.15 bits per heavy atom. The summed E-state index contributed by atoms with van der Waals surface area (Å²) in [6.07, 6.45) is 0. The van der Waals surface area contributed by atoms with Crippen LogP contribution in [0.5, 0.6) is 0 Å². The molecule has 4 nitrogen and oxygen atoms in total. The second kappa shape index (κ2) is 6.43. The van der Waals surface area contributed by atoms with Gasteiger partial charge in [-0.3, -0.25) is 10.1 Å². The van der Waals surface area contributed by atoms with Crippen molar-refractivity contribution in [3.63, 3.8) is 0 Å². The molecule has 7 heteroatoms. The molecule has 0 aliphatic rings. The molecule has 0 radical (unpaired) electrons. The molecular weight excluding hydrogens is 367 g/mol. The number of hydrogen-bond donors (Lipinski definition) is 1. The molecule has 0 bridgehead atoms. The van der Waals surface area contributed by atoms with Crippen molar-refractivity contribution in [2.45, 2.75) is 6.54 Å². The lowest BCUT2D eigenvalue weighted by atomic mass is 10.2. The lowest BCUT2D eigenvalue weighted by Gasteiger charge is -2.08. The summed E-state index contributed by atoms with van der Waals surface area (Å²) in [6, 6.07) is 10.1. The first kappa shape index (κ1) is 15.1. The quantitative estimate of drug-likeness (QED) is 0.584. The molecule has 2 rings (SSSR count). The Kier molecular flexibility index (Phi) is 4.86. The summed E-state index contributed by atoms with van der Waals surface area (Å²) < 4.78 is 0.820.